The quantitative estimate of drug-likeness (QED) is 0.782. The van der Waals surface area contributed by atoms with Gasteiger partial charge in [-0.1, -0.05) is 0 Å². The Morgan fingerprint density at radius 2 is 1.93 bits per heavy atom. The van der Waals surface area contributed by atoms with Gasteiger partial charge in [0, 0.05) is 4.47 Å². The molecule has 0 fully saturated rings. The lowest BCUT2D eigenvalue weighted by Gasteiger charge is -2.03. The second kappa shape index (κ2) is 3.16. The normalized spacial score (nSPS) is 10.8. The summed E-state index contributed by atoms with van der Waals surface area (Å²) in [5.74, 6) is 0.491. The van der Waals surface area contributed by atoms with Gasteiger partial charge in [0.15, 0.2) is 5.65 Å². The Morgan fingerprint density at radius 1 is 1.21 bits per heavy atom. The lowest BCUT2D eigenvalue weighted by atomic mass is 10.3. The molecule has 0 spiro atoms. The number of halogens is 1. The van der Waals surface area contributed by atoms with Crippen molar-refractivity contribution in [3.8, 4) is 5.88 Å². The van der Waals surface area contributed by atoms with E-state index in [4.69, 9.17) is 0 Å². The SMILES string of the molecule is Cc1nc(O)c2cc(Br)c(C)nc2n1. The molecule has 0 amide bonds. The molecule has 0 atom stereocenters. The minimum Gasteiger partial charge on any atom is -0.493 e. The molecule has 2 aromatic heterocycles. The molecular weight excluding hydrogens is 246 g/mol. The summed E-state index contributed by atoms with van der Waals surface area (Å²) in [6.45, 7) is 3.59. The van der Waals surface area contributed by atoms with Crippen LogP contribution in [0, 0.1) is 13.8 Å². The highest BCUT2D eigenvalue weighted by atomic mass is 79.9. The van der Waals surface area contributed by atoms with Gasteiger partial charge in [0.25, 0.3) is 0 Å². The van der Waals surface area contributed by atoms with Crippen LogP contribution in [-0.2, 0) is 0 Å². The zero-order chi connectivity index (χ0) is 10.3. The Bertz CT molecular complexity index is 513. The van der Waals surface area contributed by atoms with Crippen molar-refractivity contribution in [1.82, 2.24) is 15.0 Å². The Kier molecular flexibility index (Phi) is 2.11. The van der Waals surface area contributed by atoms with Crippen molar-refractivity contribution in [3.05, 3.63) is 22.1 Å². The predicted octanol–water partition coefficient (Wildman–Crippen LogP) is 2.11. The van der Waals surface area contributed by atoms with Gasteiger partial charge in [-0.05, 0) is 35.8 Å². The Labute approximate surface area is 89.2 Å². The molecule has 0 bridgehead atoms. The second-order valence-electron chi connectivity index (χ2n) is 3.02. The molecule has 0 unspecified atom stereocenters. The number of rotatable bonds is 0. The summed E-state index contributed by atoms with van der Waals surface area (Å²) in [6, 6.07) is 1.77. The monoisotopic (exact) mass is 253 g/mol. The van der Waals surface area contributed by atoms with Gasteiger partial charge >= 0.3 is 0 Å². The number of aromatic nitrogens is 3. The van der Waals surface area contributed by atoms with Crippen LogP contribution in [-0.4, -0.2) is 20.1 Å². The van der Waals surface area contributed by atoms with E-state index in [9.17, 15) is 5.11 Å². The Morgan fingerprint density at radius 3 is 2.64 bits per heavy atom. The van der Waals surface area contributed by atoms with E-state index in [1.54, 1.807) is 13.0 Å². The molecule has 0 radical (unpaired) electrons. The first-order chi connectivity index (χ1) is 6.58. The summed E-state index contributed by atoms with van der Waals surface area (Å²) in [5.41, 5.74) is 1.37. The molecule has 1 N–H and O–H groups in total. The predicted molar refractivity (Wildman–Crippen MR) is 56.2 cm³/mol. The van der Waals surface area contributed by atoms with Crippen LogP contribution in [0.5, 0.6) is 5.88 Å². The molecular formula is C9H8BrN3O. The standard InChI is InChI=1S/C9H8BrN3O/c1-4-7(10)3-6-8(11-4)12-5(2)13-9(6)14/h3H,1-2H3,(H,11,12,13,14). The van der Waals surface area contributed by atoms with Gasteiger partial charge in [-0.3, -0.25) is 0 Å². The molecule has 0 aliphatic rings. The van der Waals surface area contributed by atoms with E-state index in [0.29, 0.717) is 16.9 Å². The van der Waals surface area contributed by atoms with Crippen LogP contribution in [0.15, 0.2) is 10.5 Å². The van der Waals surface area contributed by atoms with E-state index in [-0.39, 0.29) is 5.88 Å². The molecule has 2 heterocycles. The zero-order valence-electron chi connectivity index (χ0n) is 7.74. The maximum atomic E-state index is 9.56. The highest BCUT2D eigenvalue weighted by Crippen LogP contribution is 2.25. The molecule has 0 aromatic carbocycles. The van der Waals surface area contributed by atoms with Crippen LogP contribution in [0.3, 0.4) is 0 Å². The first kappa shape index (κ1) is 9.33. The van der Waals surface area contributed by atoms with Crippen molar-refractivity contribution >= 4 is 27.0 Å². The van der Waals surface area contributed by atoms with Crippen molar-refractivity contribution < 1.29 is 5.11 Å². The number of fused-ring (bicyclic) bond motifs is 1. The summed E-state index contributed by atoms with van der Waals surface area (Å²) in [6.07, 6.45) is 0. The largest absolute Gasteiger partial charge is 0.493 e. The lowest BCUT2D eigenvalue weighted by molar-refractivity contribution is 0.457. The molecule has 72 valence electrons. The molecule has 2 aromatic rings. The summed E-state index contributed by atoms with van der Waals surface area (Å²) in [4.78, 5) is 12.2. The van der Waals surface area contributed by atoms with E-state index < -0.39 is 0 Å². The van der Waals surface area contributed by atoms with Gasteiger partial charge in [-0.15, -0.1) is 0 Å². The number of hydrogen-bond donors (Lipinski definition) is 1. The molecule has 0 aliphatic carbocycles. The minimum atomic E-state index is -0.0271. The van der Waals surface area contributed by atoms with Crippen molar-refractivity contribution in [1.29, 1.82) is 0 Å². The Hall–Kier alpha value is -1.23. The van der Waals surface area contributed by atoms with E-state index in [1.807, 2.05) is 6.92 Å². The third kappa shape index (κ3) is 1.43. The third-order valence-corrected chi connectivity index (χ3v) is 2.71. The number of hydrogen-bond acceptors (Lipinski definition) is 4. The van der Waals surface area contributed by atoms with Crippen molar-refractivity contribution in [2.24, 2.45) is 0 Å². The van der Waals surface area contributed by atoms with Gasteiger partial charge in [-0.25, -0.2) is 9.97 Å². The van der Waals surface area contributed by atoms with Gasteiger partial charge in [0.1, 0.15) is 5.82 Å². The van der Waals surface area contributed by atoms with Gasteiger partial charge in [0.2, 0.25) is 5.88 Å². The van der Waals surface area contributed by atoms with E-state index in [2.05, 4.69) is 30.9 Å². The van der Waals surface area contributed by atoms with Crippen LogP contribution >= 0.6 is 15.9 Å². The van der Waals surface area contributed by atoms with Crippen molar-refractivity contribution in [3.63, 3.8) is 0 Å². The first-order valence-corrected chi connectivity index (χ1v) is 4.87. The van der Waals surface area contributed by atoms with Gasteiger partial charge < -0.3 is 5.11 Å². The fraction of sp³-hybridized carbons (Fsp3) is 0.222. The zero-order valence-corrected chi connectivity index (χ0v) is 9.33. The highest BCUT2D eigenvalue weighted by Gasteiger charge is 2.07. The van der Waals surface area contributed by atoms with E-state index >= 15 is 0 Å². The van der Waals surface area contributed by atoms with Crippen molar-refractivity contribution in [2.45, 2.75) is 13.8 Å². The molecule has 4 nitrogen and oxygen atoms in total. The fourth-order valence-corrected chi connectivity index (χ4v) is 1.53. The first-order valence-electron chi connectivity index (χ1n) is 4.08. The molecule has 14 heavy (non-hydrogen) atoms. The summed E-state index contributed by atoms with van der Waals surface area (Å²) in [5, 5.41) is 10.1. The van der Waals surface area contributed by atoms with Gasteiger partial charge in [0.05, 0.1) is 11.1 Å². The number of aromatic hydroxyl groups is 1. The fourth-order valence-electron chi connectivity index (χ4n) is 1.21. The van der Waals surface area contributed by atoms with E-state index in [1.165, 1.54) is 0 Å². The number of nitrogens with zero attached hydrogens (tertiary/aromatic N) is 3. The van der Waals surface area contributed by atoms with Crippen molar-refractivity contribution in [2.75, 3.05) is 0 Å². The maximum Gasteiger partial charge on any atom is 0.223 e. The number of aryl methyl sites for hydroxylation is 2. The van der Waals surface area contributed by atoms with Crippen LogP contribution < -0.4 is 0 Å². The molecule has 0 aliphatic heterocycles. The Balaban J connectivity index is 2.89. The van der Waals surface area contributed by atoms with Crippen LogP contribution in [0.25, 0.3) is 11.0 Å². The average Bonchev–Trinajstić information content (AvgIpc) is 2.08. The summed E-state index contributed by atoms with van der Waals surface area (Å²) >= 11 is 3.34. The second-order valence-corrected chi connectivity index (χ2v) is 3.88. The molecule has 0 saturated heterocycles. The molecule has 2 rings (SSSR count). The smallest absolute Gasteiger partial charge is 0.223 e. The topological polar surface area (TPSA) is 58.9 Å². The summed E-state index contributed by atoms with van der Waals surface area (Å²) in [7, 11) is 0. The molecule has 0 saturated carbocycles. The minimum absolute atomic E-state index is 0.0271. The highest BCUT2D eigenvalue weighted by molar-refractivity contribution is 9.10. The third-order valence-electron chi connectivity index (χ3n) is 1.91. The molecule has 5 heteroatoms. The van der Waals surface area contributed by atoms with Gasteiger partial charge in [-0.2, -0.15) is 4.98 Å². The van der Waals surface area contributed by atoms with Crippen LogP contribution in [0.2, 0.25) is 0 Å². The number of pyridine rings is 1. The van der Waals surface area contributed by atoms with Crippen LogP contribution in [0.4, 0.5) is 0 Å². The van der Waals surface area contributed by atoms with E-state index in [0.717, 1.165) is 10.2 Å². The van der Waals surface area contributed by atoms with Crippen LogP contribution in [0.1, 0.15) is 11.5 Å². The summed E-state index contributed by atoms with van der Waals surface area (Å²) < 4.78 is 0.841. The average molecular weight is 254 g/mol. The lowest BCUT2D eigenvalue weighted by Crippen LogP contribution is -1.94. The maximum absolute atomic E-state index is 9.56.